The van der Waals surface area contributed by atoms with Crippen LogP contribution in [0.25, 0.3) is 11.0 Å². The second-order valence-electron chi connectivity index (χ2n) is 5.83. The highest BCUT2D eigenvalue weighted by Crippen LogP contribution is 2.14. The van der Waals surface area contributed by atoms with Crippen LogP contribution in [0.15, 0.2) is 41.3 Å². The number of hydrogen-bond acceptors (Lipinski definition) is 4. The zero-order chi connectivity index (χ0) is 16.4. The Morgan fingerprint density at radius 3 is 2.75 bits per heavy atom. The number of rotatable bonds is 0. The summed E-state index contributed by atoms with van der Waals surface area (Å²) >= 11 is 0. The molecule has 24 heavy (non-hydrogen) atoms. The van der Waals surface area contributed by atoms with Crippen LogP contribution in [0, 0.1) is 11.8 Å². The van der Waals surface area contributed by atoms with E-state index in [-0.39, 0.29) is 5.56 Å². The number of nitrogens with zero attached hydrogens (tertiary/aromatic N) is 4. The van der Waals surface area contributed by atoms with Gasteiger partial charge in [0.2, 0.25) is 0 Å². The minimum atomic E-state index is 0.00800. The summed E-state index contributed by atoms with van der Waals surface area (Å²) in [6.45, 7) is 0.748. The molecule has 0 atom stereocenters. The average Bonchev–Trinajstić information content (AvgIpc) is 2.86. The Kier molecular flexibility index (Phi) is 3.80. The van der Waals surface area contributed by atoms with Gasteiger partial charge in [-0.2, -0.15) is 0 Å². The number of aromatic nitrogens is 4. The SMILES string of the molecule is O=c1c2ccc(C#Cc3ccccn3)nc2nc2n1CCCCC2. The van der Waals surface area contributed by atoms with Crippen molar-refractivity contribution in [2.24, 2.45) is 0 Å². The maximum Gasteiger partial charge on any atom is 0.263 e. The van der Waals surface area contributed by atoms with Crippen LogP contribution in [0.3, 0.4) is 0 Å². The van der Waals surface area contributed by atoms with Gasteiger partial charge in [-0.05, 0) is 48.9 Å². The molecule has 5 heteroatoms. The number of pyridine rings is 2. The maximum absolute atomic E-state index is 12.7. The third-order valence-corrected chi connectivity index (χ3v) is 4.16. The minimum absolute atomic E-state index is 0.00800. The van der Waals surface area contributed by atoms with E-state index in [1.807, 2.05) is 18.2 Å². The first-order valence-corrected chi connectivity index (χ1v) is 8.15. The molecule has 0 bridgehead atoms. The predicted octanol–water partition coefficient (Wildman–Crippen LogP) is 2.31. The Morgan fingerprint density at radius 1 is 0.958 bits per heavy atom. The molecule has 0 radical (unpaired) electrons. The predicted molar refractivity (Wildman–Crippen MR) is 91.6 cm³/mol. The van der Waals surface area contributed by atoms with Gasteiger partial charge in [-0.25, -0.2) is 15.0 Å². The van der Waals surface area contributed by atoms with E-state index in [4.69, 9.17) is 0 Å². The monoisotopic (exact) mass is 316 g/mol. The van der Waals surface area contributed by atoms with E-state index in [9.17, 15) is 4.79 Å². The lowest BCUT2D eigenvalue weighted by Gasteiger charge is -2.09. The zero-order valence-corrected chi connectivity index (χ0v) is 13.2. The summed E-state index contributed by atoms with van der Waals surface area (Å²) in [6.07, 6.45) is 5.76. The standard InChI is InChI=1S/C19H16N4O/c24-19-16-11-10-15(9-8-14-6-3-4-12-20-14)21-18(16)22-17-7-2-1-5-13-23(17)19/h3-4,6,10-12H,1-2,5,7,13H2. The molecule has 0 aliphatic carbocycles. The molecule has 0 saturated carbocycles. The van der Waals surface area contributed by atoms with Gasteiger partial charge in [-0.1, -0.05) is 12.5 Å². The van der Waals surface area contributed by atoms with Crippen molar-refractivity contribution in [2.75, 3.05) is 0 Å². The number of hydrogen-bond donors (Lipinski definition) is 0. The molecule has 118 valence electrons. The Labute approximate surface area is 139 Å². The maximum atomic E-state index is 12.7. The highest BCUT2D eigenvalue weighted by Gasteiger charge is 2.14. The molecule has 0 N–H and O–H groups in total. The zero-order valence-electron chi connectivity index (χ0n) is 13.2. The summed E-state index contributed by atoms with van der Waals surface area (Å²) in [6, 6.07) is 9.13. The van der Waals surface area contributed by atoms with Crippen molar-refractivity contribution in [3.63, 3.8) is 0 Å². The van der Waals surface area contributed by atoms with Crippen LogP contribution in [0.5, 0.6) is 0 Å². The summed E-state index contributed by atoms with van der Waals surface area (Å²) in [5.41, 5.74) is 1.78. The molecule has 1 aliphatic heterocycles. The highest BCUT2D eigenvalue weighted by molar-refractivity contribution is 5.74. The summed E-state index contributed by atoms with van der Waals surface area (Å²) in [5, 5.41) is 0.559. The first-order chi connectivity index (χ1) is 11.8. The van der Waals surface area contributed by atoms with Crippen molar-refractivity contribution < 1.29 is 0 Å². The molecule has 4 heterocycles. The molecule has 0 spiro atoms. The van der Waals surface area contributed by atoms with E-state index in [0.29, 0.717) is 22.4 Å². The van der Waals surface area contributed by atoms with Crippen LogP contribution in [0.1, 0.15) is 36.5 Å². The van der Waals surface area contributed by atoms with Crippen LogP contribution in [-0.2, 0) is 13.0 Å². The fourth-order valence-electron chi connectivity index (χ4n) is 2.93. The van der Waals surface area contributed by atoms with Gasteiger partial charge in [0.05, 0.1) is 5.39 Å². The summed E-state index contributed by atoms with van der Waals surface area (Å²) in [7, 11) is 0. The van der Waals surface area contributed by atoms with Crippen molar-refractivity contribution in [1.82, 2.24) is 19.5 Å². The van der Waals surface area contributed by atoms with Crippen molar-refractivity contribution >= 4 is 11.0 Å². The molecule has 0 aromatic carbocycles. The molecule has 1 aliphatic rings. The topological polar surface area (TPSA) is 60.7 Å². The van der Waals surface area contributed by atoms with E-state index < -0.39 is 0 Å². The molecule has 0 fully saturated rings. The van der Waals surface area contributed by atoms with Gasteiger partial charge in [0.1, 0.15) is 17.2 Å². The van der Waals surface area contributed by atoms with Crippen LogP contribution in [-0.4, -0.2) is 19.5 Å². The van der Waals surface area contributed by atoms with Crippen LogP contribution >= 0.6 is 0 Å². The normalized spacial score (nSPS) is 13.7. The number of aryl methyl sites for hydroxylation is 1. The van der Waals surface area contributed by atoms with Gasteiger partial charge in [-0.3, -0.25) is 9.36 Å². The second-order valence-corrected chi connectivity index (χ2v) is 5.83. The van der Waals surface area contributed by atoms with Crippen LogP contribution in [0.4, 0.5) is 0 Å². The third kappa shape index (κ3) is 2.79. The summed E-state index contributed by atoms with van der Waals surface area (Å²) in [4.78, 5) is 25.9. The van der Waals surface area contributed by atoms with Gasteiger partial charge < -0.3 is 0 Å². The van der Waals surface area contributed by atoms with E-state index in [0.717, 1.165) is 38.1 Å². The molecule has 5 nitrogen and oxygen atoms in total. The molecule has 3 aromatic heterocycles. The van der Waals surface area contributed by atoms with E-state index in [1.54, 1.807) is 22.9 Å². The van der Waals surface area contributed by atoms with E-state index in [2.05, 4.69) is 26.8 Å². The number of fused-ring (bicyclic) bond motifs is 2. The third-order valence-electron chi connectivity index (χ3n) is 4.16. The van der Waals surface area contributed by atoms with Crippen molar-refractivity contribution in [2.45, 2.75) is 32.2 Å². The van der Waals surface area contributed by atoms with Gasteiger partial charge in [0, 0.05) is 19.2 Å². The molecular weight excluding hydrogens is 300 g/mol. The van der Waals surface area contributed by atoms with Crippen molar-refractivity contribution in [1.29, 1.82) is 0 Å². The van der Waals surface area contributed by atoms with Gasteiger partial charge in [0.25, 0.3) is 5.56 Å². The Hall–Kier alpha value is -3.00. The quantitative estimate of drug-likeness (QED) is 0.597. The van der Waals surface area contributed by atoms with E-state index in [1.165, 1.54) is 0 Å². The molecule has 4 rings (SSSR count). The van der Waals surface area contributed by atoms with Gasteiger partial charge in [-0.15, -0.1) is 0 Å². The first-order valence-electron chi connectivity index (χ1n) is 8.15. The van der Waals surface area contributed by atoms with Gasteiger partial charge >= 0.3 is 0 Å². The fraction of sp³-hybridized carbons (Fsp3) is 0.263. The van der Waals surface area contributed by atoms with E-state index >= 15 is 0 Å². The molecular formula is C19H16N4O. The fourth-order valence-corrected chi connectivity index (χ4v) is 2.93. The van der Waals surface area contributed by atoms with Crippen LogP contribution < -0.4 is 5.56 Å². The van der Waals surface area contributed by atoms with Gasteiger partial charge in [0.15, 0.2) is 5.65 Å². The molecule has 0 unspecified atom stereocenters. The lowest BCUT2D eigenvalue weighted by atomic mass is 10.2. The molecule has 0 amide bonds. The molecule has 0 saturated heterocycles. The molecule has 3 aromatic rings. The Bertz CT molecular complexity index is 1010. The average molecular weight is 316 g/mol. The Morgan fingerprint density at radius 2 is 1.88 bits per heavy atom. The summed E-state index contributed by atoms with van der Waals surface area (Å²) in [5.74, 6) is 6.81. The summed E-state index contributed by atoms with van der Waals surface area (Å²) < 4.78 is 1.80. The van der Waals surface area contributed by atoms with Crippen molar-refractivity contribution in [3.8, 4) is 11.8 Å². The second kappa shape index (κ2) is 6.25. The Balaban J connectivity index is 1.79. The highest BCUT2D eigenvalue weighted by atomic mass is 16.1. The minimum Gasteiger partial charge on any atom is -0.296 e. The lowest BCUT2D eigenvalue weighted by molar-refractivity contribution is 0.613. The smallest absolute Gasteiger partial charge is 0.263 e. The van der Waals surface area contributed by atoms with Crippen molar-refractivity contribution in [3.05, 3.63) is 64.1 Å². The first kappa shape index (κ1) is 14.6. The van der Waals surface area contributed by atoms with Crippen LogP contribution in [0.2, 0.25) is 0 Å². The largest absolute Gasteiger partial charge is 0.296 e. The lowest BCUT2D eigenvalue weighted by Crippen LogP contribution is -2.24.